The van der Waals surface area contributed by atoms with Crippen LogP contribution in [0.3, 0.4) is 0 Å². The third-order valence-electron chi connectivity index (χ3n) is 5.35. The summed E-state index contributed by atoms with van der Waals surface area (Å²) in [6, 6.07) is 21.7. The normalized spacial score (nSPS) is 21.0. The van der Waals surface area contributed by atoms with E-state index in [0.29, 0.717) is 0 Å². The molecule has 3 nitrogen and oxygen atoms in total. The van der Waals surface area contributed by atoms with Crippen LogP contribution >= 0.6 is 7.29 Å². The molecule has 0 amide bonds. The lowest BCUT2D eigenvalue weighted by molar-refractivity contribution is 0.155. The molecule has 2 aliphatic heterocycles. The fourth-order valence-electron chi connectivity index (χ4n) is 4.00. The molecule has 0 atom stereocenters. The molecule has 4 heteroatoms. The number of nitrogens with zero attached hydrogens (tertiary/aromatic N) is 2. The summed E-state index contributed by atoms with van der Waals surface area (Å²) in [5, 5.41) is 0. The molecule has 4 rings (SSSR count). The van der Waals surface area contributed by atoms with Gasteiger partial charge in [-0.1, -0.05) is 72.8 Å². The highest BCUT2D eigenvalue weighted by molar-refractivity contribution is 7.62. The minimum absolute atomic E-state index is 0.271. The van der Waals surface area contributed by atoms with E-state index in [1.54, 1.807) is 0 Å². The van der Waals surface area contributed by atoms with Crippen molar-refractivity contribution in [3.05, 3.63) is 83.9 Å². The molecule has 25 heavy (non-hydrogen) atoms. The maximum Gasteiger partial charge on any atom is 0.157 e. The maximum absolute atomic E-state index is 13.0. The Balaban J connectivity index is 1.54. The molecule has 2 aromatic carbocycles. The average Bonchev–Trinajstić information content (AvgIpc) is 3.12. The fourth-order valence-corrected chi connectivity index (χ4v) is 6.48. The molecule has 1 saturated heterocycles. The highest BCUT2D eigenvalue weighted by atomic mass is 31.2. The van der Waals surface area contributed by atoms with Crippen LogP contribution in [0.4, 0.5) is 0 Å². The molecule has 130 valence electrons. The largest absolute Gasteiger partial charge is 0.306 e. The molecule has 0 aromatic heterocycles. The maximum atomic E-state index is 13.0. The van der Waals surface area contributed by atoms with Gasteiger partial charge in [0, 0.05) is 38.5 Å². The van der Waals surface area contributed by atoms with Crippen LogP contribution in [0.1, 0.15) is 17.2 Å². The Morgan fingerprint density at radius 3 is 1.68 bits per heavy atom. The molecule has 0 radical (unpaired) electrons. The molecule has 2 heterocycles. The van der Waals surface area contributed by atoms with E-state index in [1.807, 2.05) is 0 Å². The van der Waals surface area contributed by atoms with Crippen LogP contribution in [0.2, 0.25) is 0 Å². The molecule has 0 unspecified atom stereocenters. The molecule has 0 spiro atoms. The molecule has 2 aromatic rings. The van der Waals surface area contributed by atoms with Crippen molar-refractivity contribution in [1.29, 1.82) is 0 Å². The summed E-state index contributed by atoms with van der Waals surface area (Å²) in [6.07, 6.45) is 5.69. The monoisotopic (exact) mass is 352 g/mol. The van der Waals surface area contributed by atoms with Crippen molar-refractivity contribution in [3.63, 3.8) is 0 Å². The number of hydrogen-bond acceptors (Lipinski definition) is 2. The van der Waals surface area contributed by atoms with Crippen molar-refractivity contribution in [2.75, 3.05) is 38.5 Å². The Morgan fingerprint density at radius 2 is 1.20 bits per heavy atom. The predicted molar refractivity (Wildman–Crippen MR) is 104 cm³/mol. The van der Waals surface area contributed by atoms with E-state index in [9.17, 15) is 4.57 Å². The van der Waals surface area contributed by atoms with E-state index in [-0.39, 0.29) is 6.04 Å². The summed E-state index contributed by atoms with van der Waals surface area (Å²) < 4.78 is 15.3. The SMILES string of the molecule is O=P1(N2CCN(C(c3ccccc3)c3ccccc3)CC2)CC=CC1. The van der Waals surface area contributed by atoms with Crippen LogP contribution < -0.4 is 0 Å². The number of benzene rings is 2. The standard InChI is InChI=1S/C21H25N2OP/c24-25(17-7-8-18-25)23-15-13-22(14-16-23)21(19-9-3-1-4-10-19)20-11-5-2-6-12-20/h1-12,21H,13-18H2. The molecule has 0 bridgehead atoms. The number of rotatable bonds is 4. The van der Waals surface area contributed by atoms with Crippen LogP contribution in [-0.2, 0) is 4.57 Å². The van der Waals surface area contributed by atoms with Crippen molar-refractivity contribution in [2.45, 2.75) is 6.04 Å². The van der Waals surface area contributed by atoms with E-state index < -0.39 is 7.29 Å². The highest BCUT2D eigenvalue weighted by Gasteiger charge is 2.35. The summed E-state index contributed by atoms with van der Waals surface area (Å²) in [7, 11) is -2.15. The van der Waals surface area contributed by atoms with Gasteiger partial charge in [0.2, 0.25) is 0 Å². The summed E-state index contributed by atoms with van der Waals surface area (Å²) in [6.45, 7) is 3.71. The van der Waals surface area contributed by atoms with Gasteiger partial charge >= 0.3 is 0 Å². The van der Waals surface area contributed by atoms with Crippen molar-refractivity contribution in [2.24, 2.45) is 0 Å². The van der Waals surface area contributed by atoms with Crippen LogP contribution in [0.15, 0.2) is 72.8 Å². The first kappa shape index (κ1) is 16.8. The van der Waals surface area contributed by atoms with Gasteiger partial charge in [0.1, 0.15) is 0 Å². The van der Waals surface area contributed by atoms with Crippen molar-refractivity contribution in [1.82, 2.24) is 9.57 Å². The topological polar surface area (TPSA) is 23.6 Å². The first-order valence-electron chi connectivity index (χ1n) is 9.09. The van der Waals surface area contributed by atoms with Gasteiger partial charge < -0.3 is 4.57 Å². The van der Waals surface area contributed by atoms with E-state index in [0.717, 1.165) is 38.5 Å². The van der Waals surface area contributed by atoms with Gasteiger partial charge in [0.25, 0.3) is 0 Å². The fraction of sp³-hybridized carbons (Fsp3) is 0.333. The summed E-state index contributed by atoms with van der Waals surface area (Å²) >= 11 is 0. The van der Waals surface area contributed by atoms with Crippen LogP contribution in [0.5, 0.6) is 0 Å². The highest BCUT2D eigenvalue weighted by Crippen LogP contribution is 2.53. The van der Waals surface area contributed by atoms with Gasteiger partial charge in [-0.25, -0.2) is 0 Å². The molecular weight excluding hydrogens is 327 g/mol. The minimum atomic E-state index is -2.15. The van der Waals surface area contributed by atoms with E-state index >= 15 is 0 Å². The zero-order valence-corrected chi connectivity index (χ0v) is 15.4. The summed E-state index contributed by atoms with van der Waals surface area (Å²) in [5.74, 6) is 0. The third-order valence-corrected chi connectivity index (χ3v) is 8.34. The van der Waals surface area contributed by atoms with Crippen molar-refractivity contribution >= 4 is 7.29 Å². The Labute approximate surface area is 150 Å². The number of piperazine rings is 1. The average molecular weight is 352 g/mol. The lowest BCUT2D eigenvalue weighted by atomic mass is 9.96. The molecule has 2 aliphatic rings. The molecule has 0 aliphatic carbocycles. The molecule has 0 N–H and O–H groups in total. The van der Waals surface area contributed by atoms with Gasteiger partial charge in [-0.05, 0) is 11.1 Å². The summed E-state index contributed by atoms with van der Waals surface area (Å²) in [4.78, 5) is 2.54. The van der Waals surface area contributed by atoms with Gasteiger partial charge in [-0.2, -0.15) is 0 Å². The number of hydrogen-bond donors (Lipinski definition) is 0. The zero-order chi connectivity index (χ0) is 17.1. The van der Waals surface area contributed by atoms with Crippen LogP contribution in [0.25, 0.3) is 0 Å². The quantitative estimate of drug-likeness (QED) is 0.607. The lowest BCUT2D eigenvalue weighted by Crippen LogP contribution is -2.46. The molecule has 0 saturated carbocycles. The second kappa shape index (κ2) is 7.29. The van der Waals surface area contributed by atoms with Crippen molar-refractivity contribution < 1.29 is 4.57 Å². The Kier molecular flexibility index (Phi) is 4.89. The van der Waals surface area contributed by atoms with Crippen LogP contribution in [0, 0.1) is 0 Å². The Hall–Kier alpha value is -1.67. The molecular formula is C21H25N2OP. The number of allylic oxidation sites excluding steroid dienone is 2. The van der Waals surface area contributed by atoms with Gasteiger partial charge in [-0.15, -0.1) is 0 Å². The van der Waals surface area contributed by atoms with E-state index in [2.05, 4.69) is 82.4 Å². The summed E-state index contributed by atoms with van der Waals surface area (Å²) in [5.41, 5.74) is 2.66. The second-order valence-corrected chi connectivity index (χ2v) is 9.88. The first-order valence-corrected chi connectivity index (χ1v) is 11.1. The van der Waals surface area contributed by atoms with E-state index in [1.165, 1.54) is 11.1 Å². The van der Waals surface area contributed by atoms with Gasteiger partial charge in [0.15, 0.2) is 7.29 Å². The first-order chi connectivity index (χ1) is 12.3. The van der Waals surface area contributed by atoms with E-state index in [4.69, 9.17) is 0 Å². The van der Waals surface area contributed by atoms with Gasteiger partial charge in [0.05, 0.1) is 6.04 Å². The van der Waals surface area contributed by atoms with Gasteiger partial charge in [-0.3, -0.25) is 9.57 Å². The second-order valence-electron chi connectivity index (χ2n) is 6.90. The zero-order valence-electron chi connectivity index (χ0n) is 14.5. The minimum Gasteiger partial charge on any atom is -0.306 e. The smallest absolute Gasteiger partial charge is 0.157 e. The Bertz CT molecular complexity index is 715. The van der Waals surface area contributed by atoms with Crippen LogP contribution in [-0.4, -0.2) is 48.1 Å². The predicted octanol–water partition coefficient (Wildman–Crippen LogP) is 4.24. The molecule has 1 fully saturated rings. The lowest BCUT2D eigenvalue weighted by Gasteiger charge is -2.41. The Morgan fingerprint density at radius 1 is 0.720 bits per heavy atom. The third kappa shape index (κ3) is 3.50. The van der Waals surface area contributed by atoms with Crippen molar-refractivity contribution in [3.8, 4) is 0 Å².